The fraction of sp³-hybridized carbons (Fsp3) is 0.350. The monoisotopic (exact) mass is 931 g/mol. The van der Waals surface area contributed by atoms with Crippen LogP contribution >= 0.6 is 22.6 Å². The van der Waals surface area contributed by atoms with E-state index in [4.69, 9.17) is 25.9 Å². The molecule has 4 aromatic heterocycles. The van der Waals surface area contributed by atoms with E-state index in [1.807, 2.05) is 32.9 Å². The largest absolute Gasteiger partial charge is 0.491 e. The Hall–Kier alpha value is -6.13. The fourth-order valence-electron chi connectivity index (χ4n) is 7.08. The number of hydrogen-bond acceptors (Lipinski definition) is 11. The number of rotatable bonds is 17. The fourth-order valence-corrected chi connectivity index (χ4v) is 7.64. The van der Waals surface area contributed by atoms with Gasteiger partial charge in [-0.05, 0) is 86.2 Å². The molecule has 0 atom stereocenters. The van der Waals surface area contributed by atoms with Gasteiger partial charge in [-0.1, -0.05) is 12.2 Å². The zero-order valence-electron chi connectivity index (χ0n) is 33.5. The van der Waals surface area contributed by atoms with Gasteiger partial charge in [0.25, 0.3) is 11.8 Å². The Morgan fingerprint density at radius 1 is 0.817 bits per heavy atom. The summed E-state index contributed by atoms with van der Waals surface area (Å²) in [6.07, 6.45) is 4.48. The van der Waals surface area contributed by atoms with Gasteiger partial charge in [-0.2, -0.15) is 10.2 Å². The quantitative estimate of drug-likeness (QED) is 0.0583. The van der Waals surface area contributed by atoms with Crippen molar-refractivity contribution in [3.63, 3.8) is 0 Å². The van der Waals surface area contributed by atoms with E-state index in [0.717, 1.165) is 26.1 Å². The minimum atomic E-state index is -0.649. The zero-order valence-corrected chi connectivity index (χ0v) is 35.6. The minimum Gasteiger partial charge on any atom is -0.491 e. The first-order valence-corrected chi connectivity index (χ1v) is 20.6. The number of allylic oxidation sites excluding steroid dienone is 2. The number of aryl methyl sites for hydroxylation is 3. The predicted molar refractivity (Wildman–Crippen MR) is 232 cm³/mol. The van der Waals surface area contributed by atoms with Crippen molar-refractivity contribution in [1.82, 2.24) is 43.6 Å². The van der Waals surface area contributed by atoms with Gasteiger partial charge in [-0.15, -0.1) is 0 Å². The summed E-state index contributed by atoms with van der Waals surface area (Å²) in [6.45, 7) is 11.3. The molecule has 0 aliphatic carbocycles. The zero-order chi connectivity index (χ0) is 42.5. The Labute approximate surface area is 358 Å². The molecule has 0 spiro atoms. The number of carbonyl (C=O) groups is 4. The van der Waals surface area contributed by atoms with Crippen molar-refractivity contribution in [2.75, 3.05) is 50.1 Å². The van der Waals surface area contributed by atoms with Crippen molar-refractivity contribution in [1.29, 1.82) is 0 Å². The van der Waals surface area contributed by atoms with E-state index in [9.17, 15) is 19.2 Å². The number of hydrogen-bond donors (Lipinski definition) is 4. The molecule has 7 rings (SSSR count). The van der Waals surface area contributed by atoms with E-state index in [1.54, 1.807) is 61.0 Å². The highest BCUT2D eigenvalue weighted by atomic mass is 127. The summed E-state index contributed by atoms with van der Waals surface area (Å²) in [4.78, 5) is 63.6. The molecular weight excluding hydrogens is 885 g/mol. The number of nitrogens with zero attached hydrogens (tertiary/aromatic N) is 9. The molecule has 6 N–H and O–H groups in total. The number of carbonyl (C=O) groups excluding carboxylic acids is 4. The van der Waals surface area contributed by atoms with Gasteiger partial charge < -0.3 is 30.1 Å². The Morgan fingerprint density at radius 2 is 1.43 bits per heavy atom. The maximum atomic E-state index is 13.8. The number of imidazole rings is 2. The van der Waals surface area contributed by atoms with Crippen molar-refractivity contribution in [2.24, 2.45) is 11.5 Å². The molecule has 19 nitrogen and oxygen atoms in total. The SMILES string of the molecule is CCn1nc(C)cc1C(=O)Nc1nc2cc(C(N)=O)ccc2n1C/C=C/Cn1c(NC(=O)c2cc(I)nn2CC)nc2cc(C(N)=O)cc(OCCCN3CCOCC3)c21. The van der Waals surface area contributed by atoms with Crippen LogP contribution in [0.2, 0.25) is 0 Å². The average molecular weight is 932 g/mol. The van der Waals surface area contributed by atoms with Crippen LogP contribution in [0, 0.1) is 10.6 Å². The second-order valence-electron chi connectivity index (χ2n) is 14.1. The second kappa shape index (κ2) is 18.4. The summed E-state index contributed by atoms with van der Waals surface area (Å²) in [5.41, 5.74) is 15.3. The Bertz CT molecular complexity index is 2620. The van der Waals surface area contributed by atoms with Crippen LogP contribution in [0.4, 0.5) is 11.9 Å². The standard InChI is InChI=1S/C40H46IN13O6/c1-4-53-30(19-24(3)48-53)37(57)46-39-44-27-20-25(35(42)55)9-10-29(27)51(39)12-6-7-13-52-34-28(45-40(52)47-38(58)31-23-33(41)49-54(31)5-2)21-26(36(43)56)22-32(34)60-16-8-11-50-14-17-59-18-15-50/h6-7,9-10,19-23H,4-5,8,11-18H2,1-3H3,(H2,42,55)(H2,43,56)(H,44,46,57)(H,45,47,58)/b7-6+. The molecule has 6 aromatic rings. The molecule has 0 saturated carbocycles. The van der Waals surface area contributed by atoms with Gasteiger partial charge in [0.2, 0.25) is 23.7 Å². The maximum Gasteiger partial charge on any atom is 0.276 e. The van der Waals surface area contributed by atoms with Gasteiger partial charge in [-0.3, -0.25) is 44.1 Å². The number of primary amides is 2. The van der Waals surface area contributed by atoms with Gasteiger partial charge in [0, 0.05) is 63.0 Å². The third kappa shape index (κ3) is 9.19. The number of halogens is 1. The lowest BCUT2D eigenvalue weighted by Gasteiger charge is -2.26. The van der Waals surface area contributed by atoms with Crippen molar-refractivity contribution < 1.29 is 28.7 Å². The van der Waals surface area contributed by atoms with Crippen molar-refractivity contribution in [2.45, 2.75) is 53.4 Å². The number of amides is 4. The predicted octanol–water partition coefficient (Wildman–Crippen LogP) is 3.79. The Balaban J connectivity index is 1.22. The topological polar surface area (TPSA) is 237 Å². The Morgan fingerprint density at radius 3 is 2.12 bits per heavy atom. The summed E-state index contributed by atoms with van der Waals surface area (Å²) in [7, 11) is 0. The highest BCUT2D eigenvalue weighted by molar-refractivity contribution is 14.1. The molecule has 0 radical (unpaired) electrons. The molecular formula is C40H46IN13O6. The first kappa shape index (κ1) is 42.0. The number of nitrogens with two attached hydrogens (primary N) is 2. The first-order chi connectivity index (χ1) is 28.9. The molecule has 1 aliphatic rings. The average Bonchev–Trinajstić information content (AvgIpc) is 4.00. The van der Waals surface area contributed by atoms with E-state index < -0.39 is 23.6 Å². The van der Waals surface area contributed by atoms with Crippen LogP contribution in [-0.2, 0) is 30.9 Å². The third-order valence-electron chi connectivity index (χ3n) is 10.0. The molecule has 314 valence electrons. The van der Waals surface area contributed by atoms with Crippen molar-refractivity contribution >= 4 is 80.2 Å². The first-order valence-electron chi connectivity index (χ1n) is 19.6. The van der Waals surface area contributed by atoms with Crippen LogP contribution in [0.25, 0.3) is 22.1 Å². The molecule has 1 saturated heterocycles. The third-order valence-corrected chi connectivity index (χ3v) is 10.5. The molecule has 60 heavy (non-hydrogen) atoms. The lowest BCUT2D eigenvalue weighted by Crippen LogP contribution is -2.37. The van der Waals surface area contributed by atoms with Gasteiger partial charge in [0.05, 0.1) is 42.1 Å². The molecule has 2 aromatic carbocycles. The maximum absolute atomic E-state index is 13.8. The summed E-state index contributed by atoms with van der Waals surface area (Å²) in [5, 5.41) is 14.7. The molecule has 0 unspecified atom stereocenters. The minimum absolute atomic E-state index is 0.200. The highest BCUT2D eigenvalue weighted by Gasteiger charge is 2.23. The number of anilines is 2. The van der Waals surface area contributed by atoms with E-state index >= 15 is 0 Å². The van der Waals surface area contributed by atoms with Gasteiger partial charge in [-0.25, -0.2) is 9.97 Å². The van der Waals surface area contributed by atoms with Gasteiger partial charge in [0.1, 0.15) is 26.4 Å². The number of benzene rings is 2. The second-order valence-corrected chi connectivity index (χ2v) is 15.2. The molecule has 4 amide bonds. The summed E-state index contributed by atoms with van der Waals surface area (Å²) in [6, 6.07) is 11.5. The van der Waals surface area contributed by atoms with Crippen LogP contribution < -0.4 is 26.8 Å². The van der Waals surface area contributed by atoms with Crippen LogP contribution in [0.15, 0.2) is 54.6 Å². The molecule has 1 fully saturated rings. The van der Waals surface area contributed by atoms with Crippen LogP contribution in [0.5, 0.6) is 5.75 Å². The van der Waals surface area contributed by atoms with E-state index in [1.165, 1.54) is 0 Å². The highest BCUT2D eigenvalue weighted by Crippen LogP contribution is 2.32. The Kier molecular flexibility index (Phi) is 12.9. The van der Waals surface area contributed by atoms with E-state index in [-0.39, 0.29) is 36.1 Å². The smallest absolute Gasteiger partial charge is 0.276 e. The number of morpholine rings is 1. The number of nitrogens with one attached hydrogen (secondary N) is 2. The van der Waals surface area contributed by atoms with E-state index in [2.05, 4.69) is 53.3 Å². The normalized spacial score (nSPS) is 13.4. The molecule has 20 heteroatoms. The number of fused-ring (bicyclic) bond motifs is 2. The van der Waals surface area contributed by atoms with E-state index in [0.29, 0.717) is 81.5 Å². The van der Waals surface area contributed by atoms with Gasteiger partial charge in [0.15, 0.2) is 0 Å². The van der Waals surface area contributed by atoms with Crippen LogP contribution in [0.1, 0.15) is 67.7 Å². The van der Waals surface area contributed by atoms with Crippen LogP contribution in [-0.4, -0.2) is 107 Å². The lowest BCUT2D eigenvalue weighted by molar-refractivity contribution is 0.0358. The van der Waals surface area contributed by atoms with Crippen LogP contribution in [0.3, 0.4) is 0 Å². The van der Waals surface area contributed by atoms with Crippen molar-refractivity contribution in [3.8, 4) is 5.75 Å². The molecule has 5 heterocycles. The van der Waals surface area contributed by atoms with Gasteiger partial charge >= 0.3 is 0 Å². The summed E-state index contributed by atoms with van der Waals surface area (Å²) in [5.74, 6) is -1.23. The number of aromatic nitrogens is 8. The molecule has 1 aliphatic heterocycles. The summed E-state index contributed by atoms with van der Waals surface area (Å²) < 4.78 is 19.3. The lowest BCUT2D eigenvalue weighted by atomic mass is 10.1. The molecule has 0 bridgehead atoms. The number of ether oxygens (including phenoxy) is 2. The summed E-state index contributed by atoms with van der Waals surface area (Å²) >= 11 is 2.06. The van der Waals surface area contributed by atoms with Crippen molar-refractivity contribution in [3.05, 3.63) is 86.5 Å².